The monoisotopic (exact) mass is 333 g/mol. The number of hydrogen-bond donors (Lipinski definition) is 1. The van der Waals surface area contributed by atoms with Crippen molar-refractivity contribution in [1.29, 1.82) is 0 Å². The van der Waals surface area contributed by atoms with Gasteiger partial charge in [0, 0.05) is 25.7 Å². The van der Waals surface area contributed by atoms with E-state index in [4.69, 9.17) is 5.11 Å². The normalized spacial score (nSPS) is 17.9. The number of nitro groups is 1. The maximum absolute atomic E-state index is 12.4. The molecule has 3 rings (SSSR count). The van der Waals surface area contributed by atoms with E-state index in [0.717, 1.165) is 19.3 Å². The molecule has 2 heterocycles. The summed E-state index contributed by atoms with van der Waals surface area (Å²) in [6, 6.07) is 4.60. The highest BCUT2D eigenvalue weighted by Crippen LogP contribution is 2.31. The number of benzene rings is 1. The third-order valence-electron chi connectivity index (χ3n) is 4.91. The van der Waals surface area contributed by atoms with Crippen molar-refractivity contribution in [2.45, 2.75) is 25.8 Å². The first kappa shape index (κ1) is 16.2. The largest absolute Gasteiger partial charge is 0.465 e. The lowest BCUT2D eigenvalue weighted by Gasteiger charge is -2.30. The first-order chi connectivity index (χ1) is 11.5. The predicted molar refractivity (Wildman–Crippen MR) is 84.8 cm³/mol. The molecule has 0 aromatic heterocycles. The molecule has 2 aliphatic rings. The van der Waals surface area contributed by atoms with Crippen LogP contribution in [0.1, 0.15) is 35.2 Å². The standard InChI is InChI=1S/C16H19N3O5/c20-15-12-2-1-3-14(19(23)24)13(12)10-18(15)9-6-11-4-7-17(8-5-11)16(21)22/h1-3,11H,4-10H2,(H,21,22). The molecular weight excluding hydrogens is 314 g/mol. The van der Waals surface area contributed by atoms with Gasteiger partial charge in [-0.2, -0.15) is 0 Å². The Labute approximate surface area is 138 Å². The molecule has 128 valence electrons. The van der Waals surface area contributed by atoms with Crippen molar-refractivity contribution in [1.82, 2.24) is 9.80 Å². The van der Waals surface area contributed by atoms with Crippen molar-refractivity contribution in [3.63, 3.8) is 0 Å². The summed E-state index contributed by atoms with van der Waals surface area (Å²) in [5.41, 5.74) is 0.913. The number of amides is 2. The van der Waals surface area contributed by atoms with E-state index in [1.54, 1.807) is 17.0 Å². The Bertz CT molecular complexity index is 682. The second-order valence-electron chi connectivity index (χ2n) is 6.29. The number of carboxylic acid groups (broad SMARTS) is 1. The molecule has 2 aliphatic heterocycles. The van der Waals surface area contributed by atoms with Gasteiger partial charge in [0.15, 0.2) is 0 Å². The van der Waals surface area contributed by atoms with E-state index in [9.17, 15) is 19.7 Å². The number of nitro benzene ring substituents is 1. The highest BCUT2D eigenvalue weighted by Gasteiger charge is 2.33. The minimum atomic E-state index is -0.883. The van der Waals surface area contributed by atoms with Crippen molar-refractivity contribution in [2.75, 3.05) is 19.6 Å². The Balaban J connectivity index is 1.58. The topological polar surface area (TPSA) is 104 Å². The van der Waals surface area contributed by atoms with Crippen molar-refractivity contribution in [2.24, 2.45) is 5.92 Å². The van der Waals surface area contributed by atoms with E-state index in [0.29, 0.717) is 36.7 Å². The van der Waals surface area contributed by atoms with Crippen LogP contribution < -0.4 is 0 Å². The van der Waals surface area contributed by atoms with Crippen molar-refractivity contribution >= 4 is 17.7 Å². The smallest absolute Gasteiger partial charge is 0.407 e. The van der Waals surface area contributed by atoms with Crippen LogP contribution in [0.4, 0.5) is 10.5 Å². The summed E-state index contributed by atoms with van der Waals surface area (Å²) >= 11 is 0. The van der Waals surface area contributed by atoms with E-state index in [2.05, 4.69) is 0 Å². The van der Waals surface area contributed by atoms with Gasteiger partial charge in [0.1, 0.15) is 0 Å². The highest BCUT2D eigenvalue weighted by molar-refractivity contribution is 5.99. The van der Waals surface area contributed by atoms with Gasteiger partial charge in [-0.25, -0.2) is 4.79 Å². The average Bonchev–Trinajstić information content (AvgIpc) is 2.89. The molecular formula is C16H19N3O5. The fourth-order valence-electron chi connectivity index (χ4n) is 3.48. The second kappa shape index (κ2) is 6.46. The van der Waals surface area contributed by atoms with Gasteiger partial charge < -0.3 is 14.9 Å². The van der Waals surface area contributed by atoms with Crippen molar-refractivity contribution in [3.8, 4) is 0 Å². The third kappa shape index (κ3) is 3.04. The summed E-state index contributed by atoms with van der Waals surface area (Å²) in [5, 5.41) is 20.0. The van der Waals surface area contributed by atoms with Crippen LogP contribution in [-0.2, 0) is 6.54 Å². The van der Waals surface area contributed by atoms with Gasteiger partial charge in [0.05, 0.1) is 22.6 Å². The Morgan fingerprint density at radius 1 is 1.33 bits per heavy atom. The molecule has 1 N–H and O–H groups in total. The van der Waals surface area contributed by atoms with E-state index < -0.39 is 11.0 Å². The molecule has 0 atom stereocenters. The molecule has 24 heavy (non-hydrogen) atoms. The van der Waals surface area contributed by atoms with E-state index in [1.165, 1.54) is 11.0 Å². The molecule has 0 saturated carbocycles. The quantitative estimate of drug-likeness (QED) is 0.672. The Morgan fingerprint density at radius 3 is 2.67 bits per heavy atom. The summed E-state index contributed by atoms with van der Waals surface area (Å²) < 4.78 is 0. The van der Waals surface area contributed by atoms with Crippen LogP contribution in [0.5, 0.6) is 0 Å². The van der Waals surface area contributed by atoms with Gasteiger partial charge in [-0.15, -0.1) is 0 Å². The lowest BCUT2D eigenvalue weighted by atomic mass is 9.93. The fraction of sp³-hybridized carbons (Fsp3) is 0.500. The molecule has 0 radical (unpaired) electrons. The summed E-state index contributed by atoms with van der Waals surface area (Å²) in [7, 11) is 0. The molecule has 1 fully saturated rings. The molecule has 0 unspecified atom stereocenters. The molecule has 1 aromatic carbocycles. The van der Waals surface area contributed by atoms with Gasteiger partial charge in [0.2, 0.25) is 0 Å². The van der Waals surface area contributed by atoms with Gasteiger partial charge in [-0.1, -0.05) is 6.07 Å². The summed E-state index contributed by atoms with van der Waals surface area (Å²) in [6.07, 6.45) is 1.50. The molecule has 1 saturated heterocycles. The zero-order chi connectivity index (χ0) is 17.3. The maximum Gasteiger partial charge on any atom is 0.407 e. The summed E-state index contributed by atoms with van der Waals surface area (Å²) in [5.74, 6) is 0.226. The molecule has 0 bridgehead atoms. The molecule has 2 amide bonds. The molecule has 1 aromatic rings. The number of carbonyl (C=O) groups is 2. The van der Waals surface area contributed by atoms with Crippen LogP contribution >= 0.6 is 0 Å². The molecule has 0 spiro atoms. The fourth-order valence-corrected chi connectivity index (χ4v) is 3.48. The lowest BCUT2D eigenvalue weighted by Crippen LogP contribution is -2.38. The van der Waals surface area contributed by atoms with Crippen LogP contribution in [0.2, 0.25) is 0 Å². The SMILES string of the molecule is O=C(O)N1CCC(CCN2Cc3c(cccc3[N+](=O)[O-])C2=O)CC1. The van der Waals surface area contributed by atoms with Crippen molar-refractivity contribution in [3.05, 3.63) is 39.4 Å². The Morgan fingerprint density at radius 2 is 2.04 bits per heavy atom. The van der Waals surface area contributed by atoms with Gasteiger partial charge >= 0.3 is 6.09 Å². The zero-order valence-electron chi connectivity index (χ0n) is 13.2. The van der Waals surface area contributed by atoms with Crippen LogP contribution in [0.25, 0.3) is 0 Å². The predicted octanol–water partition coefficient (Wildman–Crippen LogP) is 2.33. The summed E-state index contributed by atoms with van der Waals surface area (Å²) in [6.45, 7) is 1.88. The molecule has 8 nitrogen and oxygen atoms in total. The van der Waals surface area contributed by atoms with Crippen LogP contribution in [-0.4, -0.2) is 51.5 Å². The van der Waals surface area contributed by atoms with E-state index >= 15 is 0 Å². The highest BCUT2D eigenvalue weighted by atomic mass is 16.6. The molecule has 8 heteroatoms. The maximum atomic E-state index is 12.4. The molecule has 0 aliphatic carbocycles. The van der Waals surface area contributed by atoms with Crippen LogP contribution in [0.3, 0.4) is 0 Å². The van der Waals surface area contributed by atoms with Crippen LogP contribution in [0.15, 0.2) is 18.2 Å². The summed E-state index contributed by atoms with van der Waals surface area (Å²) in [4.78, 5) is 37.0. The van der Waals surface area contributed by atoms with E-state index in [1.807, 2.05) is 0 Å². The zero-order valence-corrected chi connectivity index (χ0v) is 13.2. The average molecular weight is 333 g/mol. The first-order valence-corrected chi connectivity index (χ1v) is 8.01. The van der Waals surface area contributed by atoms with E-state index in [-0.39, 0.29) is 18.1 Å². The Hall–Kier alpha value is -2.64. The number of carbonyl (C=O) groups excluding carboxylic acids is 1. The number of likely N-dealkylation sites (tertiary alicyclic amines) is 1. The number of hydrogen-bond acceptors (Lipinski definition) is 4. The Kier molecular flexibility index (Phi) is 4.37. The van der Waals surface area contributed by atoms with Gasteiger partial charge in [-0.05, 0) is 31.2 Å². The van der Waals surface area contributed by atoms with Crippen molar-refractivity contribution < 1.29 is 19.6 Å². The lowest BCUT2D eigenvalue weighted by molar-refractivity contribution is -0.385. The minimum absolute atomic E-state index is 0.00174. The van der Waals surface area contributed by atoms with Gasteiger partial charge in [0.25, 0.3) is 11.6 Å². The number of nitrogens with zero attached hydrogens (tertiary/aromatic N) is 3. The van der Waals surface area contributed by atoms with Gasteiger partial charge in [-0.3, -0.25) is 14.9 Å². The minimum Gasteiger partial charge on any atom is -0.465 e. The van der Waals surface area contributed by atoms with Crippen LogP contribution in [0, 0.1) is 16.0 Å². The third-order valence-corrected chi connectivity index (χ3v) is 4.91. The number of piperidine rings is 1. The first-order valence-electron chi connectivity index (χ1n) is 8.01. The number of fused-ring (bicyclic) bond motifs is 1. The second-order valence-corrected chi connectivity index (χ2v) is 6.29. The number of rotatable bonds is 4.